The zero-order valence-corrected chi connectivity index (χ0v) is 8.39. The van der Waals surface area contributed by atoms with Crippen molar-refractivity contribution in [2.75, 3.05) is 0 Å². The first-order chi connectivity index (χ1) is 5.78. The van der Waals surface area contributed by atoms with Crippen LogP contribution in [-0.2, 0) is 31.5 Å². The monoisotopic (exact) mass is 266 g/mol. The average molecular weight is 266 g/mol. The Hall–Kier alpha value is -1.15. The van der Waals surface area contributed by atoms with Gasteiger partial charge in [0.25, 0.3) is 0 Å². The minimum Gasteiger partial charge on any atom is -0.481 e. The minimum atomic E-state index is -2.74. The summed E-state index contributed by atoms with van der Waals surface area (Å²) in [4.78, 5) is 30.5. The molecule has 0 atom stereocenters. The van der Waals surface area contributed by atoms with E-state index in [0.717, 1.165) is 0 Å². The molecular formula is C6H10FeO8+3. The molecule has 0 aliphatic rings. The maximum absolute atomic E-state index is 10.3. The molecule has 0 aromatic carbocycles. The smallest absolute Gasteiger partial charge is 0.481 e. The van der Waals surface area contributed by atoms with Gasteiger partial charge in [-0.3, -0.25) is 9.59 Å². The van der Waals surface area contributed by atoms with Gasteiger partial charge in [-0.25, -0.2) is 4.79 Å². The molecule has 0 unspecified atom stereocenters. The summed E-state index contributed by atoms with van der Waals surface area (Å²) in [7, 11) is 0. The van der Waals surface area contributed by atoms with Gasteiger partial charge in [-0.1, -0.05) is 0 Å². The molecule has 0 rings (SSSR count). The van der Waals surface area contributed by atoms with Crippen LogP contribution in [0.2, 0.25) is 0 Å². The van der Waals surface area contributed by atoms with Crippen molar-refractivity contribution in [1.29, 1.82) is 0 Å². The van der Waals surface area contributed by atoms with E-state index < -0.39 is 36.4 Å². The summed E-state index contributed by atoms with van der Waals surface area (Å²) in [6.45, 7) is 0. The first-order valence-corrected chi connectivity index (χ1v) is 3.17. The van der Waals surface area contributed by atoms with E-state index in [4.69, 9.17) is 20.4 Å². The predicted octanol–water partition coefficient (Wildman–Crippen LogP) is -2.08. The van der Waals surface area contributed by atoms with Gasteiger partial charge in [0.05, 0.1) is 12.8 Å². The Morgan fingerprint density at radius 2 is 1.20 bits per heavy atom. The van der Waals surface area contributed by atoms with Crippen LogP contribution in [0.15, 0.2) is 0 Å². The van der Waals surface area contributed by atoms with Crippen LogP contribution in [0.1, 0.15) is 12.8 Å². The molecule has 0 aromatic heterocycles. The van der Waals surface area contributed by atoms with E-state index in [0.29, 0.717) is 0 Å². The van der Waals surface area contributed by atoms with Gasteiger partial charge < -0.3 is 25.9 Å². The molecule has 87 valence electrons. The Bertz CT molecular complexity index is 234. The SMILES string of the molecule is O.O=C(O)CC(O)(CC(=O)O)C(=O)O.[Fe+3]. The summed E-state index contributed by atoms with van der Waals surface area (Å²) in [5, 5.41) is 33.8. The maximum atomic E-state index is 10.3. The fourth-order valence-electron chi connectivity index (χ4n) is 0.714. The molecule has 9 heteroatoms. The van der Waals surface area contributed by atoms with Crippen LogP contribution < -0.4 is 0 Å². The number of aliphatic carboxylic acids is 3. The van der Waals surface area contributed by atoms with Crippen LogP contribution in [0.3, 0.4) is 0 Å². The topological polar surface area (TPSA) is 164 Å². The number of hydrogen-bond donors (Lipinski definition) is 4. The molecule has 0 saturated carbocycles. The van der Waals surface area contributed by atoms with Crippen LogP contribution in [0.5, 0.6) is 0 Å². The molecule has 6 N–H and O–H groups in total. The number of rotatable bonds is 5. The number of hydrogen-bond acceptors (Lipinski definition) is 4. The van der Waals surface area contributed by atoms with Gasteiger partial charge in [-0.2, -0.15) is 0 Å². The summed E-state index contributed by atoms with van der Waals surface area (Å²) < 4.78 is 0. The van der Waals surface area contributed by atoms with Crippen LogP contribution in [0.25, 0.3) is 0 Å². The van der Waals surface area contributed by atoms with Gasteiger partial charge >= 0.3 is 35.0 Å². The van der Waals surface area contributed by atoms with E-state index in [1.165, 1.54) is 0 Å². The minimum absolute atomic E-state index is 0. The van der Waals surface area contributed by atoms with Gasteiger partial charge in [0, 0.05) is 0 Å². The summed E-state index contributed by atoms with van der Waals surface area (Å²) >= 11 is 0. The van der Waals surface area contributed by atoms with Crippen molar-refractivity contribution >= 4 is 17.9 Å². The fourth-order valence-corrected chi connectivity index (χ4v) is 0.714. The zero-order chi connectivity index (χ0) is 10.6. The molecule has 8 nitrogen and oxygen atoms in total. The van der Waals surface area contributed by atoms with Crippen LogP contribution >= 0.6 is 0 Å². The largest absolute Gasteiger partial charge is 3.00 e. The third-order valence-corrected chi connectivity index (χ3v) is 1.29. The third kappa shape index (κ3) is 6.86. The molecule has 0 aliphatic carbocycles. The van der Waals surface area contributed by atoms with Gasteiger partial charge in [0.2, 0.25) is 0 Å². The summed E-state index contributed by atoms with van der Waals surface area (Å²) in [5.74, 6) is -5.02. The van der Waals surface area contributed by atoms with E-state index >= 15 is 0 Å². The first kappa shape index (κ1) is 19.4. The number of carboxylic acids is 3. The summed E-state index contributed by atoms with van der Waals surface area (Å²) in [5.41, 5.74) is -2.74. The van der Waals surface area contributed by atoms with Crippen LogP contribution in [-0.4, -0.2) is 49.4 Å². The molecule has 0 fully saturated rings. The Morgan fingerprint density at radius 3 is 1.33 bits per heavy atom. The molecule has 0 amide bonds. The second-order valence-electron chi connectivity index (χ2n) is 2.48. The molecule has 0 heterocycles. The van der Waals surface area contributed by atoms with E-state index in [-0.39, 0.29) is 22.5 Å². The van der Waals surface area contributed by atoms with Crippen LogP contribution in [0, 0.1) is 0 Å². The van der Waals surface area contributed by atoms with Crippen molar-refractivity contribution in [1.82, 2.24) is 0 Å². The van der Waals surface area contributed by atoms with Crippen molar-refractivity contribution < 1.29 is 57.4 Å². The number of carboxylic acid groups (broad SMARTS) is 3. The predicted molar refractivity (Wildman–Crippen MR) is 40.7 cm³/mol. The van der Waals surface area contributed by atoms with E-state index in [2.05, 4.69) is 0 Å². The van der Waals surface area contributed by atoms with Crippen molar-refractivity contribution in [3.8, 4) is 0 Å². The second-order valence-corrected chi connectivity index (χ2v) is 2.48. The standard InChI is InChI=1S/C6H8O7.Fe.H2O/c7-3(8)1-6(13,5(11)12)2-4(9)10;;/h13H,1-2H2,(H,7,8)(H,9,10)(H,11,12);;1H2/q;+3;. The Labute approximate surface area is 94.3 Å². The third-order valence-electron chi connectivity index (χ3n) is 1.29. The number of carbonyl (C=O) groups is 3. The number of aliphatic hydroxyl groups is 1. The molecule has 0 saturated heterocycles. The van der Waals surface area contributed by atoms with E-state index in [9.17, 15) is 14.4 Å². The van der Waals surface area contributed by atoms with Gasteiger partial charge in [-0.15, -0.1) is 0 Å². The van der Waals surface area contributed by atoms with Crippen molar-refractivity contribution in [2.45, 2.75) is 18.4 Å². The van der Waals surface area contributed by atoms with Crippen LogP contribution in [0.4, 0.5) is 0 Å². The van der Waals surface area contributed by atoms with Crippen molar-refractivity contribution in [2.24, 2.45) is 0 Å². The molecular weight excluding hydrogens is 256 g/mol. The molecule has 0 aromatic rings. The van der Waals surface area contributed by atoms with Gasteiger partial charge in [0.1, 0.15) is 0 Å². The van der Waals surface area contributed by atoms with Gasteiger partial charge in [0.15, 0.2) is 5.60 Å². The van der Waals surface area contributed by atoms with Crippen molar-refractivity contribution in [3.05, 3.63) is 0 Å². The average Bonchev–Trinajstić information content (AvgIpc) is 1.82. The van der Waals surface area contributed by atoms with Gasteiger partial charge in [-0.05, 0) is 0 Å². The summed E-state index contributed by atoms with van der Waals surface area (Å²) in [6, 6.07) is 0. The second kappa shape index (κ2) is 7.18. The Balaban J connectivity index is -0.000000720. The van der Waals surface area contributed by atoms with Crippen molar-refractivity contribution in [3.63, 3.8) is 0 Å². The van der Waals surface area contributed by atoms with E-state index in [1.54, 1.807) is 0 Å². The quantitative estimate of drug-likeness (QED) is 0.415. The first-order valence-electron chi connectivity index (χ1n) is 3.17. The molecule has 0 aliphatic heterocycles. The Morgan fingerprint density at radius 1 is 0.933 bits per heavy atom. The molecule has 1 radical (unpaired) electrons. The maximum Gasteiger partial charge on any atom is 3.00 e. The normalized spacial score (nSPS) is 9.40. The summed E-state index contributed by atoms with van der Waals surface area (Å²) in [6.07, 6.45) is -2.29. The van der Waals surface area contributed by atoms with E-state index in [1.807, 2.05) is 0 Å². The molecule has 0 spiro atoms. The molecule has 0 bridgehead atoms. The Kier molecular flexibility index (Phi) is 9.30. The zero-order valence-electron chi connectivity index (χ0n) is 7.28. The molecule has 15 heavy (non-hydrogen) atoms. The fraction of sp³-hybridized carbons (Fsp3) is 0.500.